The van der Waals surface area contributed by atoms with Gasteiger partial charge in [-0.3, -0.25) is 0 Å². The molecule has 198 valence electrons. The van der Waals surface area contributed by atoms with Gasteiger partial charge >= 0.3 is 0 Å². The zero-order valence-corrected chi connectivity index (χ0v) is 22.8. The van der Waals surface area contributed by atoms with Crippen LogP contribution in [0.2, 0.25) is 0 Å². The van der Waals surface area contributed by atoms with E-state index >= 15 is 0 Å². The van der Waals surface area contributed by atoms with Crippen LogP contribution in [-0.2, 0) is 33.4 Å². The Morgan fingerprint density at radius 1 is 1.19 bits per heavy atom. The smallest absolute Gasteiger partial charge is 0.228 e. The van der Waals surface area contributed by atoms with Crippen molar-refractivity contribution in [2.24, 2.45) is 0 Å². The van der Waals surface area contributed by atoms with E-state index in [0.29, 0.717) is 30.3 Å². The number of ether oxygens (including phenoxy) is 1. The van der Waals surface area contributed by atoms with Crippen LogP contribution in [0.15, 0.2) is 66.0 Å². The molecular formula is C27H33FN4O3S2. The molecule has 0 aliphatic carbocycles. The van der Waals surface area contributed by atoms with Crippen molar-refractivity contribution in [3.05, 3.63) is 83.4 Å². The zero-order chi connectivity index (χ0) is 26.4. The van der Waals surface area contributed by atoms with E-state index < -0.39 is 15.7 Å². The summed E-state index contributed by atoms with van der Waals surface area (Å²) in [5.41, 5.74) is 2.18. The van der Waals surface area contributed by atoms with Gasteiger partial charge in [-0.05, 0) is 62.2 Å². The average molecular weight is 545 g/mol. The number of halogens is 1. The highest BCUT2D eigenvalue weighted by molar-refractivity contribution is 7.90. The number of hydrogen-bond donors (Lipinski definition) is 1. The van der Waals surface area contributed by atoms with Crippen LogP contribution < -0.4 is 5.32 Å². The quantitative estimate of drug-likeness (QED) is 0.381. The first-order chi connectivity index (χ1) is 17.7. The van der Waals surface area contributed by atoms with Crippen LogP contribution in [0.4, 0.5) is 4.39 Å². The van der Waals surface area contributed by atoms with Crippen LogP contribution >= 0.6 is 12.2 Å². The Kier molecular flexibility index (Phi) is 8.94. The number of hydrogen-bond acceptors (Lipinski definition) is 5. The molecule has 1 aliphatic rings. The van der Waals surface area contributed by atoms with Gasteiger partial charge in [0.05, 0.1) is 36.8 Å². The van der Waals surface area contributed by atoms with Crippen LogP contribution in [0.5, 0.6) is 0 Å². The van der Waals surface area contributed by atoms with E-state index in [0.717, 1.165) is 30.7 Å². The van der Waals surface area contributed by atoms with E-state index in [1.165, 1.54) is 24.3 Å². The van der Waals surface area contributed by atoms with Crippen molar-refractivity contribution < 1.29 is 17.5 Å². The van der Waals surface area contributed by atoms with E-state index in [9.17, 15) is 12.8 Å². The number of imidazole rings is 1. The fraction of sp³-hybridized carbons (Fsp3) is 0.407. The molecule has 0 saturated carbocycles. The Balaban J connectivity index is 1.67. The van der Waals surface area contributed by atoms with Crippen molar-refractivity contribution >= 4 is 27.2 Å². The SMILES string of the molecule is CC(C)NC(=S)N(Cc1cnc(S(=O)(=O)Cc2ccc(F)cc2)n1Cc1ccccc1)C[C@@H]1CCCO1. The fourth-order valence-corrected chi connectivity index (χ4v) is 6.22. The molecule has 1 N–H and O–H groups in total. The number of sulfone groups is 1. The monoisotopic (exact) mass is 544 g/mol. The highest BCUT2D eigenvalue weighted by Crippen LogP contribution is 2.22. The molecule has 1 aliphatic heterocycles. The summed E-state index contributed by atoms with van der Waals surface area (Å²) < 4.78 is 48.0. The maximum absolute atomic E-state index is 13.5. The molecule has 2 heterocycles. The molecule has 2 aromatic carbocycles. The van der Waals surface area contributed by atoms with Gasteiger partial charge < -0.3 is 19.5 Å². The van der Waals surface area contributed by atoms with Gasteiger partial charge in [0.25, 0.3) is 0 Å². The summed E-state index contributed by atoms with van der Waals surface area (Å²) in [6.45, 7) is 6.11. The molecule has 1 atom stereocenters. The summed E-state index contributed by atoms with van der Waals surface area (Å²) in [4.78, 5) is 6.41. The minimum Gasteiger partial charge on any atom is -0.376 e. The van der Waals surface area contributed by atoms with Crippen molar-refractivity contribution in [3.63, 3.8) is 0 Å². The van der Waals surface area contributed by atoms with Gasteiger partial charge in [0, 0.05) is 19.2 Å². The van der Waals surface area contributed by atoms with Gasteiger partial charge in [-0.25, -0.2) is 17.8 Å². The lowest BCUT2D eigenvalue weighted by atomic mass is 10.2. The fourth-order valence-electron chi connectivity index (χ4n) is 4.35. The van der Waals surface area contributed by atoms with Crippen LogP contribution in [-0.4, -0.2) is 53.3 Å². The first-order valence-electron chi connectivity index (χ1n) is 12.4. The first kappa shape index (κ1) is 27.2. The van der Waals surface area contributed by atoms with E-state index in [1.54, 1.807) is 10.8 Å². The molecule has 0 amide bonds. The molecular weight excluding hydrogens is 511 g/mol. The second-order valence-electron chi connectivity index (χ2n) is 9.61. The standard InChI is InChI=1S/C27H33FN4O3S2/c1-20(2)30-26(36)31(18-25-9-6-14-35-25)17-24-15-29-27(32(24)16-21-7-4-3-5-8-21)37(33,34)19-22-10-12-23(28)13-11-22/h3-5,7-8,10-13,15,20,25H,6,9,14,16-19H2,1-2H3,(H,30,36)/t25-/m0/s1. The maximum atomic E-state index is 13.5. The summed E-state index contributed by atoms with van der Waals surface area (Å²) in [7, 11) is -3.82. The third kappa shape index (κ3) is 7.37. The lowest BCUT2D eigenvalue weighted by Crippen LogP contribution is -2.45. The second kappa shape index (κ2) is 12.1. The van der Waals surface area contributed by atoms with Gasteiger partial charge in [-0.1, -0.05) is 42.5 Å². The summed E-state index contributed by atoms with van der Waals surface area (Å²) in [6.07, 6.45) is 3.65. The topological polar surface area (TPSA) is 76.5 Å². The minimum absolute atomic E-state index is 0.0181. The van der Waals surface area contributed by atoms with Crippen LogP contribution in [0.3, 0.4) is 0 Å². The predicted molar refractivity (Wildman–Crippen MR) is 145 cm³/mol. The Morgan fingerprint density at radius 2 is 1.92 bits per heavy atom. The summed E-state index contributed by atoms with van der Waals surface area (Å²) in [5.74, 6) is -0.683. The molecule has 7 nitrogen and oxygen atoms in total. The Labute approximate surface area is 223 Å². The molecule has 3 aromatic rings. The van der Waals surface area contributed by atoms with E-state index in [-0.39, 0.29) is 23.1 Å². The van der Waals surface area contributed by atoms with Crippen molar-refractivity contribution in [1.29, 1.82) is 0 Å². The molecule has 0 radical (unpaired) electrons. The Bertz CT molecular complexity index is 1290. The van der Waals surface area contributed by atoms with Crippen LogP contribution in [0, 0.1) is 5.82 Å². The largest absolute Gasteiger partial charge is 0.376 e. The van der Waals surface area contributed by atoms with Crippen molar-refractivity contribution in [1.82, 2.24) is 19.8 Å². The van der Waals surface area contributed by atoms with E-state index in [1.807, 2.05) is 49.1 Å². The van der Waals surface area contributed by atoms with Gasteiger partial charge in [0.1, 0.15) is 5.82 Å². The number of aromatic nitrogens is 2. The van der Waals surface area contributed by atoms with Gasteiger partial charge in [0.15, 0.2) is 5.11 Å². The first-order valence-corrected chi connectivity index (χ1v) is 14.5. The zero-order valence-electron chi connectivity index (χ0n) is 21.1. The van der Waals surface area contributed by atoms with Gasteiger partial charge in [0.2, 0.25) is 15.0 Å². The number of nitrogens with zero attached hydrogens (tertiary/aromatic N) is 3. The molecule has 1 fully saturated rings. The molecule has 1 saturated heterocycles. The second-order valence-corrected chi connectivity index (χ2v) is 11.9. The summed E-state index contributed by atoms with van der Waals surface area (Å²) in [6, 6.07) is 15.3. The predicted octanol–water partition coefficient (Wildman–Crippen LogP) is 4.31. The number of thiocarbonyl (C=S) groups is 1. The van der Waals surface area contributed by atoms with E-state index in [4.69, 9.17) is 17.0 Å². The van der Waals surface area contributed by atoms with E-state index in [2.05, 4.69) is 10.3 Å². The highest BCUT2D eigenvalue weighted by atomic mass is 32.2. The third-order valence-electron chi connectivity index (χ3n) is 6.13. The lowest BCUT2D eigenvalue weighted by molar-refractivity contribution is 0.0891. The molecule has 1 aromatic heterocycles. The number of rotatable bonds is 10. The van der Waals surface area contributed by atoms with Crippen LogP contribution in [0.25, 0.3) is 0 Å². The van der Waals surface area contributed by atoms with Crippen molar-refractivity contribution in [3.8, 4) is 0 Å². The van der Waals surface area contributed by atoms with Gasteiger partial charge in [-0.15, -0.1) is 0 Å². The molecule has 0 bridgehead atoms. The molecule has 37 heavy (non-hydrogen) atoms. The summed E-state index contributed by atoms with van der Waals surface area (Å²) >= 11 is 5.72. The normalized spacial score (nSPS) is 15.7. The van der Waals surface area contributed by atoms with Crippen LogP contribution in [0.1, 0.15) is 43.5 Å². The van der Waals surface area contributed by atoms with Crippen molar-refractivity contribution in [2.45, 2.75) is 62.8 Å². The lowest BCUT2D eigenvalue weighted by Gasteiger charge is -2.29. The Morgan fingerprint density at radius 3 is 2.57 bits per heavy atom. The number of benzene rings is 2. The number of nitrogens with one attached hydrogen (secondary N) is 1. The maximum Gasteiger partial charge on any atom is 0.228 e. The molecule has 10 heteroatoms. The molecule has 0 spiro atoms. The van der Waals surface area contributed by atoms with Gasteiger partial charge in [-0.2, -0.15) is 0 Å². The summed E-state index contributed by atoms with van der Waals surface area (Å²) in [5, 5.41) is 3.88. The Hall–Kier alpha value is -2.82. The minimum atomic E-state index is -3.82. The third-order valence-corrected chi connectivity index (χ3v) is 8.11. The van der Waals surface area contributed by atoms with Crippen molar-refractivity contribution in [2.75, 3.05) is 13.2 Å². The highest BCUT2D eigenvalue weighted by Gasteiger charge is 2.27. The molecule has 0 unspecified atom stereocenters. The average Bonchev–Trinajstić information content (AvgIpc) is 3.51. The molecule has 4 rings (SSSR count).